The van der Waals surface area contributed by atoms with Gasteiger partial charge in [0, 0.05) is 35.2 Å². The summed E-state index contributed by atoms with van der Waals surface area (Å²) in [5.41, 5.74) is 3.98. The van der Waals surface area contributed by atoms with Crippen LogP contribution in [-0.4, -0.2) is 34.6 Å². The van der Waals surface area contributed by atoms with Crippen molar-refractivity contribution in [2.24, 2.45) is 0 Å². The van der Waals surface area contributed by atoms with Gasteiger partial charge in [-0.1, -0.05) is 0 Å². The van der Waals surface area contributed by atoms with Crippen molar-refractivity contribution in [3.05, 3.63) is 76.6 Å². The molecule has 0 aliphatic heterocycles. The highest BCUT2D eigenvalue weighted by Gasteiger charge is 2.20. The number of nitrogens with zero attached hydrogens (tertiary/aromatic N) is 4. The van der Waals surface area contributed by atoms with Crippen LogP contribution in [0.5, 0.6) is 5.88 Å². The molecule has 190 valence electrons. The fourth-order valence-electron chi connectivity index (χ4n) is 3.82. The topological polar surface area (TPSA) is 101 Å². The Labute approximate surface area is 213 Å². The normalized spacial score (nSPS) is 12.3. The van der Waals surface area contributed by atoms with Gasteiger partial charge in [-0.15, -0.1) is 0 Å². The number of pyridine rings is 3. The van der Waals surface area contributed by atoms with E-state index >= 15 is 4.39 Å². The van der Waals surface area contributed by atoms with Gasteiger partial charge >= 0.3 is 0 Å². The zero-order valence-corrected chi connectivity index (χ0v) is 22.0. The summed E-state index contributed by atoms with van der Waals surface area (Å²) in [4.78, 5) is 13.3. The van der Waals surface area contributed by atoms with E-state index in [2.05, 4.69) is 20.3 Å². The maximum Gasteiger partial charge on any atom is 0.213 e. The monoisotopic (exact) mass is 521 g/mol. The highest BCUT2D eigenvalue weighted by molar-refractivity contribution is 7.62. The Morgan fingerprint density at radius 2 is 1.86 bits per heavy atom. The number of rotatable bonds is 7. The number of hydrogen-bond acceptors (Lipinski definition) is 7. The van der Waals surface area contributed by atoms with Gasteiger partial charge in [0.05, 0.1) is 28.9 Å². The molecule has 4 rings (SSSR count). The third-order valence-electron chi connectivity index (χ3n) is 5.88. The van der Waals surface area contributed by atoms with Gasteiger partial charge in [0.15, 0.2) is 5.82 Å². The summed E-state index contributed by atoms with van der Waals surface area (Å²) >= 11 is 0. The molecule has 0 spiro atoms. The SMILES string of the molecule is Cc1nc2cc(F)c(-c3ccc(OCP(C)(C)=O)nc3)nc2c(N[C@H](C)c2cc(C#N)ccc2F)c1C. The largest absolute Gasteiger partial charge is 0.470 e. The van der Waals surface area contributed by atoms with Crippen molar-refractivity contribution in [3.63, 3.8) is 0 Å². The van der Waals surface area contributed by atoms with E-state index in [1.54, 1.807) is 39.3 Å². The number of nitriles is 1. The Hall–Kier alpha value is -3.89. The molecule has 0 aliphatic rings. The van der Waals surface area contributed by atoms with E-state index in [4.69, 9.17) is 4.74 Å². The third kappa shape index (κ3) is 5.76. The second kappa shape index (κ2) is 10.2. The standard InChI is InChI=1S/C27H26F2N5O2P/c1-15-16(2)32-23-11-22(29)26(19-7-9-24(31-13-19)36-14-37(4,5)35)34-27(23)25(15)33-17(3)20-10-18(12-30)6-8-21(20)28/h6-11,13,17H,14H2,1-5H3,(H,32,33)/t17-/m1/s1. The number of ether oxygens (including phenoxy) is 1. The van der Waals surface area contributed by atoms with E-state index in [-0.39, 0.29) is 17.9 Å². The Kier molecular flexibility index (Phi) is 7.24. The van der Waals surface area contributed by atoms with Crippen molar-refractivity contribution in [2.45, 2.75) is 26.8 Å². The van der Waals surface area contributed by atoms with E-state index < -0.39 is 24.8 Å². The molecule has 7 nitrogen and oxygen atoms in total. The van der Waals surface area contributed by atoms with Crippen molar-refractivity contribution in [2.75, 3.05) is 25.0 Å². The van der Waals surface area contributed by atoms with Crippen LogP contribution in [0.25, 0.3) is 22.3 Å². The molecule has 0 fully saturated rings. The van der Waals surface area contributed by atoms with Crippen LogP contribution in [0.4, 0.5) is 14.5 Å². The van der Waals surface area contributed by atoms with Crippen molar-refractivity contribution < 1.29 is 18.1 Å². The summed E-state index contributed by atoms with van der Waals surface area (Å²) in [6.45, 7) is 8.68. The molecule has 1 aromatic carbocycles. The van der Waals surface area contributed by atoms with E-state index in [1.165, 1.54) is 30.5 Å². The molecular formula is C27H26F2N5O2P. The summed E-state index contributed by atoms with van der Waals surface area (Å²) in [6.07, 6.45) is 1.49. The minimum absolute atomic E-state index is 0.0529. The maximum absolute atomic E-state index is 15.1. The number of anilines is 1. The first-order valence-electron chi connectivity index (χ1n) is 11.5. The molecule has 3 aromatic heterocycles. The van der Waals surface area contributed by atoms with E-state index in [0.717, 1.165) is 5.56 Å². The zero-order chi connectivity index (χ0) is 26.9. The lowest BCUT2D eigenvalue weighted by Gasteiger charge is -2.21. The Balaban J connectivity index is 1.75. The highest BCUT2D eigenvalue weighted by atomic mass is 31.2. The number of halogens is 2. The average Bonchev–Trinajstić information content (AvgIpc) is 2.85. The first kappa shape index (κ1) is 26.2. The number of fused-ring (bicyclic) bond motifs is 1. The van der Waals surface area contributed by atoms with Crippen molar-refractivity contribution in [1.82, 2.24) is 15.0 Å². The minimum atomic E-state index is -2.38. The van der Waals surface area contributed by atoms with E-state index in [0.29, 0.717) is 39.1 Å². The molecule has 0 unspecified atom stereocenters. The predicted octanol–water partition coefficient (Wildman–Crippen LogP) is 6.59. The molecule has 1 atom stereocenters. The minimum Gasteiger partial charge on any atom is -0.470 e. The summed E-state index contributed by atoms with van der Waals surface area (Å²) in [5, 5.41) is 12.5. The molecule has 4 aromatic rings. The van der Waals surface area contributed by atoms with Crippen LogP contribution < -0.4 is 10.1 Å². The van der Waals surface area contributed by atoms with Gasteiger partial charge in [-0.25, -0.2) is 18.7 Å². The zero-order valence-electron chi connectivity index (χ0n) is 21.1. The van der Waals surface area contributed by atoms with E-state index in [9.17, 15) is 14.2 Å². The van der Waals surface area contributed by atoms with Crippen LogP contribution in [-0.2, 0) is 4.57 Å². The molecule has 3 heterocycles. The summed E-state index contributed by atoms with van der Waals surface area (Å²) in [7, 11) is -2.38. The van der Waals surface area contributed by atoms with Gasteiger partial charge in [-0.3, -0.25) is 4.98 Å². The van der Waals surface area contributed by atoms with Crippen LogP contribution in [0.15, 0.2) is 42.6 Å². The van der Waals surface area contributed by atoms with Crippen LogP contribution in [0, 0.1) is 36.8 Å². The summed E-state index contributed by atoms with van der Waals surface area (Å²) in [5.74, 6) is -0.737. The fraction of sp³-hybridized carbons (Fsp3) is 0.259. The van der Waals surface area contributed by atoms with Gasteiger partial charge in [-0.2, -0.15) is 5.26 Å². The molecule has 10 heteroatoms. The Morgan fingerprint density at radius 1 is 1.11 bits per heavy atom. The number of hydrogen-bond donors (Lipinski definition) is 1. The molecule has 0 amide bonds. The Bertz CT molecular complexity index is 1580. The van der Waals surface area contributed by atoms with Gasteiger partial charge in [0.25, 0.3) is 0 Å². The molecule has 0 saturated carbocycles. The van der Waals surface area contributed by atoms with E-state index in [1.807, 2.05) is 13.0 Å². The summed E-state index contributed by atoms with van der Waals surface area (Å²) in [6, 6.07) is 10.2. The molecule has 37 heavy (non-hydrogen) atoms. The quantitative estimate of drug-likeness (QED) is 0.274. The number of nitrogens with one attached hydrogen (secondary N) is 1. The second-order valence-electron chi connectivity index (χ2n) is 9.33. The van der Waals surface area contributed by atoms with Gasteiger partial charge in [-0.05, 0) is 63.9 Å². The van der Waals surface area contributed by atoms with Gasteiger partial charge in [0.2, 0.25) is 5.88 Å². The predicted molar refractivity (Wildman–Crippen MR) is 140 cm³/mol. The number of aromatic nitrogens is 3. The lowest BCUT2D eigenvalue weighted by Crippen LogP contribution is -2.12. The van der Waals surface area contributed by atoms with Crippen LogP contribution in [0.3, 0.4) is 0 Å². The van der Waals surface area contributed by atoms with Crippen LogP contribution in [0.2, 0.25) is 0 Å². The smallest absolute Gasteiger partial charge is 0.213 e. The first-order valence-corrected chi connectivity index (χ1v) is 14.3. The summed E-state index contributed by atoms with van der Waals surface area (Å²) < 4.78 is 47.1. The molecular weight excluding hydrogens is 495 g/mol. The van der Waals surface area contributed by atoms with Crippen molar-refractivity contribution >= 4 is 23.9 Å². The van der Waals surface area contributed by atoms with Gasteiger partial charge < -0.3 is 14.6 Å². The highest BCUT2D eigenvalue weighted by Crippen LogP contribution is 2.36. The lowest BCUT2D eigenvalue weighted by molar-refractivity contribution is 0.363. The van der Waals surface area contributed by atoms with Crippen LogP contribution >= 0.6 is 7.14 Å². The number of aryl methyl sites for hydroxylation is 1. The van der Waals surface area contributed by atoms with Crippen molar-refractivity contribution in [3.8, 4) is 23.2 Å². The Morgan fingerprint density at radius 3 is 2.51 bits per heavy atom. The fourth-order valence-corrected chi connectivity index (χ4v) is 4.26. The average molecular weight is 522 g/mol. The second-order valence-corrected chi connectivity index (χ2v) is 12.7. The molecule has 0 aliphatic carbocycles. The lowest BCUT2D eigenvalue weighted by atomic mass is 10.0. The van der Waals surface area contributed by atoms with Crippen LogP contribution in [0.1, 0.15) is 35.3 Å². The first-order chi connectivity index (χ1) is 17.5. The maximum atomic E-state index is 15.1. The van der Waals surface area contributed by atoms with Crippen molar-refractivity contribution in [1.29, 1.82) is 5.26 Å². The molecule has 1 N–H and O–H groups in total. The third-order valence-corrected chi connectivity index (χ3v) is 6.64. The molecule has 0 saturated heterocycles. The number of benzene rings is 1. The molecule has 0 radical (unpaired) electrons. The van der Waals surface area contributed by atoms with Gasteiger partial charge in [0.1, 0.15) is 30.5 Å². The molecule has 0 bridgehead atoms.